The number of nitrogens with zero attached hydrogens (tertiary/aromatic N) is 1. The van der Waals surface area contributed by atoms with E-state index >= 15 is 0 Å². The maximum Gasteiger partial charge on any atom is 0.238 e. The van der Waals surface area contributed by atoms with E-state index < -0.39 is 23.7 Å². The van der Waals surface area contributed by atoms with Crippen molar-refractivity contribution in [3.8, 4) is 5.75 Å². The molecule has 3 aliphatic carbocycles. The number of carbonyl (C=O) groups excluding carboxylic acids is 4. The summed E-state index contributed by atoms with van der Waals surface area (Å²) >= 11 is 0. The van der Waals surface area contributed by atoms with Gasteiger partial charge in [0.15, 0.2) is 11.6 Å². The normalized spacial score (nSPS) is 25.7. The zero-order valence-corrected chi connectivity index (χ0v) is 22.1. The molecule has 0 spiro atoms. The van der Waals surface area contributed by atoms with Gasteiger partial charge in [0.05, 0.1) is 24.1 Å². The predicted molar refractivity (Wildman–Crippen MR) is 149 cm³/mol. The van der Waals surface area contributed by atoms with Crippen LogP contribution in [0.2, 0.25) is 0 Å². The lowest BCUT2D eigenvalue weighted by Gasteiger charge is -2.42. The Balaban J connectivity index is 1.47. The second kappa shape index (κ2) is 9.99. The fraction of sp³-hybridized carbons (Fsp3) is 0.273. The molecular formula is C33H29NO6. The van der Waals surface area contributed by atoms with Gasteiger partial charge in [-0.15, -0.1) is 0 Å². The average Bonchev–Trinajstić information content (AvgIpc) is 3.23. The summed E-state index contributed by atoms with van der Waals surface area (Å²) in [5.74, 6) is -2.69. The predicted octanol–water partition coefficient (Wildman–Crippen LogP) is 4.33. The zero-order chi connectivity index (χ0) is 28.1. The number of anilines is 1. The summed E-state index contributed by atoms with van der Waals surface area (Å²) in [6, 6.07) is 14.4. The lowest BCUT2D eigenvalue weighted by Crippen LogP contribution is -2.40. The molecule has 4 atom stereocenters. The van der Waals surface area contributed by atoms with Gasteiger partial charge in [0, 0.05) is 28.2 Å². The van der Waals surface area contributed by atoms with Crippen molar-refractivity contribution in [1.29, 1.82) is 0 Å². The Labute approximate surface area is 232 Å². The highest BCUT2D eigenvalue weighted by Gasteiger charge is 2.56. The zero-order valence-electron chi connectivity index (χ0n) is 22.1. The number of Topliss-reactive ketones (excluding diaryl/α,β-unsaturated/α-hetero) is 1. The van der Waals surface area contributed by atoms with E-state index in [0.717, 1.165) is 11.1 Å². The Morgan fingerprint density at radius 3 is 2.50 bits per heavy atom. The average molecular weight is 536 g/mol. The molecule has 0 saturated carbocycles. The van der Waals surface area contributed by atoms with E-state index in [-0.39, 0.29) is 43.0 Å². The van der Waals surface area contributed by atoms with Gasteiger partial charge in [-0.25, -0.2) is 0 Å². The van der Waals surface area contributed by atoms with Crippen LogP contribution in [0.25, 0.3) is 6.08 Å². The molecule has 4 unspecified atom stereocenters. The molecule has 1 heterocycles. The molecule has 2 amide bonds. The second-order valence-electron chi connectivity index (χ2n) is 10.6. The molecule has 0 bridgehead atoms. The topological polar surface area (TPSA) is 101 Å². The van der Waals surface area contributed by atoms with Crippen LogP contribution in [0.1, 0.15) is 36.8 Å². The highest BCUT2D eigenvalue weighted by Crippen LogP contribution is 2.56. The van der Waals surface area contributed by atoms with E-state index in [0.29, 0.717) is 40.1 Å². The number of amides is 2. The lowest BCUT2D eigenvalue weighted by atomic mass is 9.59. The smallest absolute Gasteiger partial charge is 0.238 e. The molecule has 7 nitrogen and oxygen atoms in total. The van der Waals surface area contributed by atoms with Crippen molar-refractivity contribution in [3.63, 3.8) is 0 Å². The van der Waals surface area contributed by atoms with E-state index in [4.69, 9.17) is 4.74 Å². The van der Waals surface area contributed by atoms with Gasteiger partial charge in [0.1, 0.15) is 12.4 Å². The largest absolute Gasteiger partial charge is 0.491 e. The highest BCUT2D eigenvalue weighted by atomic mass is 16.5. The number of benzene rings is 2. The number of aliphatic hydroxyl groups is 1. The summed E-state index contributed by atoms with van der Waals surface area (Å²) in [4.78, 5) is 55.8. The van der Waals surface area contributed by atoms with Crippen molar-refractivity contribution in [2.45, 2.75) is 25.7 Å². The minimum atomic E-state index is -0.650. The van der Waals surface area contributed by atoms with Gasteiger partial charge < -0.3 is 9.84 Å². The molecule has 4 aliphatic rings. The summed E-state index contributed by atoms with van der Waals surface area (Å²) in [5, 5.41) is 9.38. The number of imide groups is 1. The molecule has 1 fully saturated rings. The number of allylic oxidation sites excluding steroid dienone is 6. The fourth-order valence-electron chi connectivity index (χ4n) is 6.76. The minimum Gasteiger partial charge on any atom is -0.491 e. The Bertz CT molecular complexity index is 1560. The molecule has 2 aromatic carbocycles. The molecule has 1 N–H and O–H groups in total. The first-order valence-corrected chi connectivity index (χ1v) is 13.5. The van der Waals surface area contributed by atoms with E-state index in [1.54, 1.807) is 31.2 Å². The van der Waals surface area contributed by atoms with Gasteiger partial charge >= 0.3 is 0 Å². The third-order valence-electron chi connectivity index (χ3n) is 8.53. The van der Waals surface area contributed by atoms with Crippen LogP contribution in [0.3, 0.4) is 0 Å². The Kier molecular flexibility index (Phi) is 6.47. The van der Waals surface area contributed by atoms with Crippen molar-refractivity contribution >= 4 is 35.1 Å². The second-order valence-corrected chi connectivity index (χ2v) is 10.6. The van der Waals surface area contributed by atoms with Crippen LogP contribution in [0, 0.1) is 17.8 Å². The molecular weight excluding hydrogens is 506 g/mol. The number of ketones is 2. The fourth-order valence-corrected chi connectivity index (χ4v) is 6.76. The van der Waals surface area contributed by atoms with Gasteiger partial charge in [-0.3, -0.25) is 24.1 Å². The van der Waals surface area contributed by atoms with Crippen LogP contribution in [-0.2, 0) is 19.2 Å². The van der Waals surface area contributed by atoms with Crippen LogP contribution in [0.4, 0.5) is 5.69 Å². The molecule has 6 rings (SSSR count). The first-order valence-electron chi connectivity index (χ1n) is 13.5. The number of hydrogen-bond acceptors (Lipinski definition) is 6. The van der Waals surface area contributed by atoms with Crippen LogP contribution >= 0.6 is 0 Å². The first-order chi connectivity index (χ1) is 19.3. The summed E-state index contributed by atoms with van der Waals surface area (Å²) in [6.07, 6.45) is 5.65. The van der Waals surface area contributed by atoms with Gasteiger partial charge in [-0.1, -0.05) is 54.6 Å². The molecule has 0 aromatic heterocycles. The Hall–Kier alpha value is -4.36. The Morgan fingerprint density at radius 2 is 1.77 bits per heavy atom. The van der Waals surface area contributed by atoms with Gasteiger partial charge in [-0.05, 0) is 55.5 Å². The van der Waals surface area contributed by atoms with E-state index in [9.17, 15) is 24.3 Å². The summed E-state index contributed by atoms with van der Waals surface area (Å²) in [6.45, 7) is 5.28. The summed E-state index contributed by atoms with van der Waals surface area (Å²) < 4.78 is 5.85. The van der Waals surface area contributed by atoms with Crippen molar-refractivity contribution in [3.05, 3.63) is 101 Å². The number of hydrogen-bond donors (Lipinski definition) is 1. The monoisotopic (exact) mass is 535 g/mol. The maximum absolute atomic E-state index is 14.0. The molecule has 2 aromatic rings. The van der Waals surface area contributed by atoms with Crippen molar-refractivity contribution < 1.29 is 29.0 Å². The third-order valence-corrected chi connectivity index (χ3v) is 8.53. The van der Waals surface area contributed by atoms with Crippen LogP contribution in [0.15, 0.2) is 89.6 Å². The lowest BCUT2D eigenvalue weighted by molar-refractivity contribution is -0.123. The summed E-state index contributed by atoms with van der Waals surface area (Å²) in [7, 11) is 0. The number of rotatable bonds is 6. The molecule has 7 heteroatoms. The van der Waals surface area contributed by atoms with Crippen molar-refractivity contribution in [1.82, 2.24) is 0 Å². The minimum absolute atomic E-state index is 0.0707. The molecule has 1 saturated heterocycles. The molecule has 40 heavy (non-hydrogen) atoms. The highest BCUT2D eigenvalue weighted by molar-refractivity contribution is 6.25. The molecule has 1 aliphatic heterocycles. The van der Waals surface area contributed by atoms with Gasteiger partial charge in [0.2, 0.25) is 11.8 Å². The van der Waals surface area contributed by atoms with Gasteiger partial charge in [-0.2, -0.15) is 0 Å². The van der Waals surface area contributed by atoms with Gasteiger partial charge in [0.25, 0.3) is 0 Å². The van der Waals surface area contributed by atoms with Crippen LogP contribution < -0.4 is 9.64 Å². The number of para-hydroxylation sites is 1. The number of ether oxygens (including phenoxy) is 1. The number of aliphatic hydroxyl groups excluding tert-OH is 1. The standard InChI is InChI=1S/C33H29NO6/c1-3-19-8-10-20(11-9-19)34-32(38)23-13-12-21-24(29(23)33(34)39)17-25-30(26(36)16-18(2)31(25)37)28(21)22-6-4-5-7-27(22)40-15-14-35/h3-12,16,23-24,28-29,35H,1,13-15,17H2,2H3. The number of carbonyl (C=O) groups is 4. The summed E-state index contributed by atoms with van der Waals surface area (Å²) in [5.41, 5.74) is 4.12. The molecule has 202 valence electrons. The first kappa shape index (κ1) is 25.9. The Morgan fingerprint density at radius 1 is 1.02 bits per heavy atom. The SMILES string of the molecule is C=Cc1ccc(N2C(=O)C3CC=C4C(c5ccccc5OCCO)C5=C(CC4C3C2=O)C(=O)C(C)=CC5=O)cc1. The van der Waals surface area contributed by atoms with Crippen LogP contribution in [0.5, 0.6) is 5.75 Å². The van der Waals surface area contributed by atoms with Crippen LogP contribution in [-0.4, -0.2) is 41.7 Å². The number of fused-ring (bicyclic) bond motifs is 3. The third kappa shape index (κ3) is 3.92. The molecule has 0 radical (unpaired) electrons. The van der Waals surface area contributed by atoms with E-state index in [1.165, 1.54) is 11.0 Å². The van der Waals surface area contributed by atoms with Crippen molar-refractivity contribution in [2.24, 2.45) is 17.8 Å². The maximum atomic E-state index is 14.0. The van der Waals surface area contributed by atoms with Crippen molar-refractivity contribution in [2.75, 3.05) is 18.1 Å². The quantitative estimate of drug-likeness (QED) is 0.336. The van der Waals surface area contributed by atoms with E-state index in [2.05, 4.69) is 6.58 Å². The van der Waals surface area contributed by atoms with E-state index in [1.807, 2.05) is 36.4 Å².